The number of fused-ring (bicyclic) bond motifs is 2. The second kappa shape index (κ2) is 7.49. The monoisotopic (exact) mass is 350 g/mol. The number of sulfone groups is 1. The van der Waals surface area contributed by atoms with E-state index in [2.05, 4.69) is 5.32 Å². The number of amides is 1. The van der Waals surface area contributed by atoms with Crippen LogP contribution in [0.25, 0.3) is 0 Å². The molecule has 2 heterocycles. The zero-order valence-electron chi connectivity index (χ0n) is 13.0. The number of halogens is 1. The third-order valence-corrected chi connectivity index (χ3v) is 7.61. The lowest BCUT2D eigenvalue weighted by Crippen LogP contribution is -2.43. The van der Waals surface area contributed by atoms with Crippen LogP contribution in [0.5, 0.6) is 0 Å². The summed E-state index contributed by atoms with van der Waals surface area (Å²) in [5, 5.41) is 3.18. The molecule has 0 radical (unpaired) electrons. The van der Waals surface area contributed by atoms with E-state index < -0.39 is 9.84 Å². The number of hydrogen-bond acceptors (Lipinski definition) is 4. The SMILES string of the molecule is Cl.O=C(CCS(=O)(=O)C1CCCC1)N1C2CCNCC1CC2. The van der Waals surface area contributed by atoms with Crippen LogP contribution in [0.3, 0.4) is 0 Å². The van der Waals surface area contributed by atoms with E-state index in [9.17, 15) is 13.2 Å². The molecule has 22 heavy (non-hydrogen) atoms. The summed E-state index contributed by atoms with van der Waals surface area (Å²) >= 11 is 0. The van der Waals surface area contributed by atoms with Crippen LogP contribution in [0.1, 0.15) is 51.4 Å². The van der Waals surface area contributed by atoms with Crippen LogP contribution in [0.2, 0.25) is 0 Å². The topological polar surface area (TPSA) is 66.5 Å². The van der Waals surface area contributed by atoms with Gasteiger partial charge in [0.1, 0.15) is 0 Å². The van der Waals surface area contributed by atoms with Gasteiger partial charge in [-0.25, -0.2) is 8.42 Å². The first-order valence-corrected chi connectivity index (χ1v) is 10.0. The molecule has 2 unspecified atom stereocenters. The van der Waals surface area contributed by atoms with Crippen LogP contribution in [-0.4, -0.2) is 55.4 Å². The Hall–Kier alpha value is -0.330. The summed E-state index contributed by atoms with van der Waals surface area (Å²) in [4.78, 5) is 14.5. The predicted octanol–water partition coefficient (Wildman–Crippen LogP) is 1.51. The molecule has 2 bridgehead atoms. The molecule has 0 aromatic carbocycles. The van der Waals surface area contributed by atoms with Crippen LogP contribution in [0.4, 0.5) is 0 Å². The maximum absolute atomic E-state index is 12.5. The highest BCUT2D eigenvalue weighted by Crippen LogP contribution is 2.29. The fourth-order valence-electron chi connectivity index (χ4n) is 4.16. The van der Waals surface area contributed by atoms with Gasteiger partial charge in [-0.1, -0.05) is 12.8 Å². The Kier molecular flexibility index (Phi) is 6.14. The molecule has 1 N–H and O–H groups in total. The maximum Gasteiger partial charge on any atom is 0.224 e. The minimum atomic E-state index is -3.08. The first-order valence-electron chi connectivity index (χ1n) is 8.31. The van der Waals surface area contributed by atoms with Gasteiger partial charge in [-0.05, 0) is 38.6 Å². The summed E-state index contributed by atoms with van der Waals surface area (Å²) in [5.41, 5.74) is 0. The molecule has 2 saturated heterocycles. The molecule has 7 heteroatoms. The Labute approximate surface area is 139 Å². The Morgan fingerprint density at radius 2 is 1.73 bits per heavy atom. The molecule has 128 valence electrons. The molecule has 3 aliphatic rings. The van der Waals surface area contributed by atoms with E-state index in [1.165, 1.54) is 0 Å². The molecule has 1 saturated carbocycles. The number of hydrogen-bond donors (Lipinski definition) is 1. The minimum Gasteiger partial charge on any atom is -0.335 e. The van der Waals surface area contributed by atoms with Crippen molar-refractivity contribution < 1.29 is 13.2 Å². The Morgan fingerprint density at radius 3 is 2.45 bits per heavy atom. The van der Waals surface area contributed by atoms with Gasteiger partial charge in [-0.2, -0.15) is 0 Å². The van der Waals surface area contributed by atoms with Crippen LogP contribution < -0.4 is 5.32 Å². The van der Waals surface area contributed by atoms with Gasteiger partial charge >= 0.3 is 0 Å². The van der Waals surface area contributed by atoms with Gasteiger partial charge < -0.3 is 10.2 Å². The summed E-state index contributed by atoms with van der Waals surface area (Å²) < 4.78 is 24.6. The van der Waals surface area contributed by atoms with Crippen molar-refractivity contribution in [3.8, 4) is 0 Å². The Balaban J connectivity index is 0.00000176. The largest absolute Gasteiger partial charge is 0.335 e. The van der Waals surface area contributed by atoms with Crippen molar-refractivity contribution in [2.24, 2.45) is 0 Å². The summed E-state index contributed by atoms with van der Waals surface area (Å²) in [5.74, 6) is 0.0904. The summed E-state index contributed by atoms with van der Waals surface area (Å²) in [6.07, 6.45) is 6.90. The van der Waals surface area contributed by atoms with E-state index in [4.69, 9.17) is 0 Å². The zero-order chi connectivity index (χ0) is 14.9. The van der Waals surface area contributed by atoms with Gasteiger partial charge in [0.15, 0.2) is 9.84 Å². The maximum atomic E-state index is 12.5. The lowest BCUT2D eigenvalue weighted by molar-refractivity contribution is -0.133. The third-order valence-electron chi connectivity index (χ3n) is 5.35. The minimum absolute atomic E-state index is 0. The Morgan fingerprint density at radius 1 is 1.05 bits per heavy atom. The smallest absolute Gasteiger partial charge is 0.224 e. The van der Waals surface area contributed by atoms with Gasteiger partial charge in [0.25, 0.3) is 0 Å². The van der Waals surface area contributed by atoms with Crippen LogP contribution in [0.15, 0.2) is 0 Å². The lowest BCUT2D eigenvalue weighted by Gasteiger charge is -2.28. The fourth-order valence-corrected chi connectivity index (χ4v) is 6.01. The molecule has 5 nitrogen and oxygen atoms in total. The van der Waals surface area contributed by atoms with Crippen molar-refractivity contribution in [2.75, 3.05) is 18.8 Å². The molecule has 3 fully saturated rings. The number of rotatable bonds is 4. The van der Waals surface area contributed by atoms with Gasteiger partial charge in [0.05, 0.1) is 11.0 Å². The highest BCUT2D eigenvalue weighted by atomic mass is 35.5. The van der Waals surface area contributed by atoms with Crippen molar-refractivity contribution in [1.82, 2.24) is 10.2 Å². The van der Waals surface area contributed by atoms with Gasteiger partial charge in [-0.3, -0.25) is 4.79 Å². The van der Waals surface area contributed by atoms with Gasteiger partial charge in [-0.15, -0.1) is 12.4 Å². The molecule has 1 amide bonds. The van der Waals surface area contributed by atoms with E-state index in [1.807, 2.05) is 4.90 Å². The molecule has 0 spiro atoms. The number of carbonyl (C=O) groups excluding carboxylic acids is 1. The molecule has 2 aliphatic heterocycles. The normalized spacial score (nSPS) is 29.2. The van der Waals surface area contributed by atoms with E-state index >= 15 is 0 Å². The molecule has 0 aromatic heterocycles. The first kappa shape index (κ1) is 18.0. The summed E-state index contributed by atoms with van der Waals surface area (Å²) in [7, 11) is -3.08. The van der Waals surface area contributed by atoms with Crippen molar-refractivity contribution in [2.45, 2.75) is 68.7 Å². The highest BCUT2D eigenvalue weighted by molar-refractivity contribution is 7.92. The van der Waals surface area contributed by atoms with E-state index in [1.54, 1.807) is 0 Å². The summed E-state index contributed by atoms with van der Waals surface area (Å²) in [6.45, 7) is 1.82. The molecule has 3 rings (SSSR count). The van der Waals surface area contributed by atoms with Crippen molar-refractivity contribution >= 4 is 28.2 Å². The summed E-state index contributed by atoms with van der Waals surface area (Å²) in [6, 6.07) is 0.603. The number of nitrogens with one attached hydrogen (secondary N) is 1. The zero-order valence-corrected chi connectivity index (χ0v) is 14.6. The lowest BCUT2D eigenvalue weighted by atomic mass is 10.1. The quantitative estimate of drug-likeness (QED) is 0.834. The third kappa shape index (κ3) is 3.77. The second-order valence-electron chi connectivity index (χ2n) is 6.70. The first-order chi connectivity index (χ1) is 10.1. The van der Waals surface area contributed by atoms with Crippen LogP contribution in [-0.2, 0) is 14.6 Å². The second-order valence-corrected chi connectivity index (χ2v) is 9.10. The molecular formula is C15H27ClN2O3S. The predicted molar refractivity (Wildman–Crippen MR) is 89.1 cm³/mol. The molecule has 2 atom stereocenters. The molecule has 1 aliphatic carbocycles. The van der Waals surface area contributed by atoms with E-state index in [0.717, 1.165) is 58.0 Å². The van der Waals surface area contributed by atoms with E-state index in [-0.39, 0.29) is 41.8 Å². The molecule has 0 aromatic rings. The van der Waals surface area contributed by atoms with Crippen molar-refractivity contribution in [1.29, 1.82) is 0 Å². The highest BCUT2D eigenvalue weighted by Gasteiger charge is 2.38. The Bertz CT molecular complexity index is 477. The average Bonchev–Trinajstić information content (AvgIpc) is 3.04. The van der Waals surface area contributed by atoms with E-state index in [0.29, 0.717) is 6.04 Å². The van der Waals surface area contributed by atoms with Crippen molar-refractivity contribution in [3.63, 3.8) is 0 Å². The molecular weight excluding hydrogens is 324 g/mol. The average molecular weight is 351 g/mol. The fraction of sp³-hybridized carbons (Fsp3) is 0.933. The standard InChI is InChI=1S/C15H26N2O3S.ClH/c18-15(8-10-21(19,20)14-3-1-2-4-14)17-12-5-6-13(17)11-16-9-7-12;/h12-14,16H,1-11H2;1H. The number of carbonyl (C=O) groups is 1. The van der Waals surface area contributed by atoms with Crippen LogP contribution >= 0.6 is 12.4 Å². The van der Waals surface area contributed by atoms with Crippen LogP contribution in [0, 0.1) is 0 Å². The number of nitrogens with zero attached hydrogens (tertiary/aromatic N) is 1. The van der Waals surface area contributed by atoms with Gasteiger partial charge in [0.2, 0.25) is 5.91 Å². The van der Waals surface area contributed by atoms with Crippen molar-refractivity contribution in [3.05, 3.63) is 0 Å². The van der Waals surface area contributed by atoms with Gasteiger partial charge in [0, 0.05) is 25.0 Å².